The summed E-state index contributed by atoms with van der Waals surface area (Å²) in [6, 6.07) is 27.1. The summed E-state index contributed by atoms with van der Waals surface area (Å²) in [6.45, 7) is 2.89. The summed E-state index contributed by atoms with van der Waals surface area (Å²) < 4.78 is 6.74. The van der Waals surface area contributed by atoms with E-state index in [1.54, 1.807) is 7.11 Å². The van der Waals surface area contributed by atoms with Crippen LogP contribution in [-0.4, -0.2) is 31.0 Å². The highest BCUT2D eigenvalue weighted by molar-refractivity contribution is 9.10. The summed E-state index contributed by atoms with van der Waals surface area (Å²) in [6.07, 6.45) is 1.84. The number of nitrogens with one attached hydrogen (secondary N) is 2. The Balaban J connectivity index is 1.42. The van der Waals surface area contributed by atoms with Gasteiger partial charge in [0.15, 0.2) is 0 Å². The summed E-state index contributed by atoms with van der Waals surface area (Å²) in [5.41, 5.74) is 3.99. The number of ether oxygens (including phenoxy) is 1. The number of aryl methyl sites for hydroxylation is 1. The number of para-hydroxylation sites is 1. The highest BCUT2D eigenvalue weighted by Crippen LogP contribution is 2.35. The Hall–Kier alpha value is -3.68. The molecule has 5 rings (SSSR count). The first kappa shape index (κ1) is 27.9. The molecule has 0 saturated carbocycles. The summed E-state index contributed by atoms with van der Waals surface area (Å²) in [7, 11) is 1.65. The minimum atomic E-state index is -0.636. The zero-order valence-corrected chi connectivity index (χ0v) is 24.4. The lowest BCUT2D eigenvalue weighted by atomic mass is 10.0. The Morgan fingerprint density at radius 3 is 2.60 bits per heavy atom. The molecule has 0 fully saturated rings. The average molecular weight is 601 g/mol. The van der Waals surface area contributed by atoms with Crippen molar-refractivity contribution in [3.05, 3.63) is 106 Å². The molecule has 1 aliphatic heterocycles. The Labute approximate surface area is 243 Å². The van der Waals surface area contributed by atoms with Crippen molar-refractivity contribution in [1.29, 1.82) is 0 Å². The summed E-state index contributed by atoms with van der Waals surface area (Å²) in [5, 5.41) is 8.52. The fourth-order valence-electron chi connectivity index (χ4n) is 5.40. The molecular formula is C33H34BrN3O3. The van der Waals surface area contributed by atoms with Gasteiger partial charge >= 0.3 is 0 Å². The van der Waals surface area contributed by atoms with Crippen LogP contribution in [0.3, 0.4) is 0 Å². The Morgan fingerprint density at radius 1 is 1.05 bits per heavy atom. The van der Waals surface area contributed by atoms with Crippen LogP contribution in [0.25, 0.3) is 10.8 Å². The van der Waals surface area contributed by atoms with Gasteiger partial charge in [-0.25, -0.2) is 0 Å². The van der Waals surface area contributed by atoms with Crippen molar-refractivity contribution in [2.75, 3.05) is 12.0 Å². The first-order valence-electron chi connectivity index (χ1n) is 13.7. The molecule has 1 heterocycles. The van der Waals surface area contributed by atoms with E-state index in [1.165, 1.54) is 0 Å². The standard InChI is InChI=1S/C33H34BrN3O3/c1-3-28(35-20-22-9-5-4-6-10-22)32(38)36-29-17-13-23-11-7-8-12-30(23)37(33(29)39)21-27-26-16-15-25(34)19-24(26)14-18-31(27)40-2/h4-12,14-16,18-19,28-29,35H,3,13,17,20-21H2,1-2H3,(H,36,38). The second-order valence-electron chi connectivity index (χ2n) is 10.1. The molecule has 2 N–H and O–H groups in total. The van der Waals surface area contributed by atoms with E-state index in [9.17, 15) is 9.59 Å². The van der Waals surface area contributed by atoms with E-state index in [4.69, 9.17) is 4.74 Å². The van der Waals surface area contributed by atoms with Gasteiger partial charge in [0.2, 0.25) is 11.8 Å². The van der Waals surface area contributed by atoms with Crippen LogP contribution in [-0.2, 0) is 29.1 Å². The van der Waals surface area contributed by atoms with Gasteiger partial charge in [0.25, 0.3) is 0 Å². The lowest BCUT2D eigenvalue weighted by Gasteiger charge is -2.28. The van der Waals surface area contributed by atoms with Crippen LogP contribution in [0.2, 0.25) is 0 Å². The summed E-state index contributed by atoms with van der Waals surface area (Å²) in [5.74, 6) is 0.448. The zero-order valence-electron chi connectivity index (χ0n) is 22.8. The van der Waals surface area contributed by atoms with Crippen LogP contribution in [0.1, 0.15) is 36.5 Å². The minimum Gasteiger partial charge on any atom is -0.496 e. The van der Waals surface area contributed by atoms with E-state index >= 15 is 0 Å². The third-order valence-electron chi connectivity index (χ3n) is 7.57. The van der Waals surface area contributed by atoms with Crippen molar-refractivity contribution < 1.29 is 14.3 Å². The van der Waals surface area contributed by atoms with E-state index in [-0.39, 0.29) is 11.8 Å². The molecule has 0 aliphatic carbocycles. The van der Waals surface area contributed by atoms with Gasteiger partial charge in [-0.05, 0) is 65.4 Å². The molecule has 0 spiro atoms. The van der Waals surface area contributed by atoms with Crippen LogP contribution in [0.15, 0.2) is 89.4 Å². The van der Waals surface area contributed by atoms with Crippen LogP contribution >= 0.6 is 15.9 Å². The molecule has 2 atom stereocenters. The maximum atomic E-state index is 14.2. The molecule has 206 valence electrons. The summed E-state index contributed by atoms with van der Waals surface area (Å²) >= 11 is 3.56. The number of rotatable bonds is 9. The highest BCUT2D eigenvalue weighted by atomic mass is 79.9. The predicted molar refractivity (Wildman–Crippen MR) is 163 cm³/mol. The number of carbonyl (C=O) groups excluding carboxylic acids is 2. The third kappa shape index (κ3) is 6.06. The topological polar surface area (TPSA) is 70.7 Å². The Bertz CT molecular complexity index is 1510. The molecule has 2 amide bonds. The predicted octanol–water partition coefficient (Wildman–Crippen LogP) is 6.14. The maximum absolute atomic E-state index is 14.2. The van der Waals surface area contributed by atoms with Crippen LogP contribution in [0.4, 0.5) is 5.69 Å². The number of anilines is 1. The fraction of sp³-hybridized carbons (Fsp3) is 0.273. The number of amides is 2. The van der Waals surface area contributed by atoms with Gasteiger partial charge in [-0.3, -0.25) is 9.59 Å². The molecule has 2 unspecified atom stereocenters. The molecular weight excluding hydrogens is 566 g/mol. The molecule has 0 bridgehead atoms. The van der Waals surface area contributed by atoms with E-state index in [2.05, 4.69) is 44.8 Å². The van der Waals surface area contributed by atoms with E-state index < -0.39 is 12.1 Å². The van der Waals surface area contributed by atoms with Crippen molar-refractivity contribution in [1.82, 2.24) is 10.6 Å². The van der Waals surface area contributed by atoms with E-state index in [0.29, 0.717) is 32.4 Å². The average Bonchev–Trinajstić information content (AvgIpc) is 3.10. The number of carbonyl (C=O) groups is 2. The van der Waals surface area contributed by atoms with Crippen molar-refractivity contribution in [3.8, 4) is 5.75 Å². The van der Waals surface area contributed by atoms with Gasteiger partial charge < -0.3 is 20.3 Å². The molecule has 4 aromatic rings. The first-order valence-corrected chi connectivity index (χ1v) is 14.5. The second kappa shape index (κ2) is 12.7. The van der Waals surface area contributed by atoms with Gasteiger partial charge in [-0.1, -0.05) is 83.5 Å². The maximum Gasteiger partial charge on any atom is 0.249 e. The lowest BCUT2D eigenvalue weighted by Crippen LogP contribution is -2.53. The number of methoxy groups -OCH3 is 1. The third-order valence-corrected chi connectivity index (χ3v) is 8.07. The van der Waals surface area contributed by atoms with Crippen molar-refractivity contribution in [3.63, 3.8) is 0 Å². The molecule has 40 heavy (non-hydrogen) atoms. The summed E-state index contributed by atoms with van der Waals surface area (Å²) in [4.78, 5) is 29.4. The van der Waals surface area contributed by atoms with Crippen molar-refractivity contribution in [2.24, 2.45) is 0 Å². The second-order valence-corrected chi connectivity index (χ2v) is 11.0. The van der Waals surface area contributed by atoms with Crippen molar-refractivity contribution >= 4 is 44.2 Å². The molecule has 1 aliphatic rings. The number of hydrogen-bond donors (Lipinski definition) is 2. The molecule has 7 heteroatoms. The molecule has 6 nitrogen and oxygen atoms in total. The Morgan fingerprint density at radius 2 is 1.82 bits per heavy atom. The van der Waals surface area contributed by atoms with Gasteiger partial charge in [0.1, 0.15) is 11.8 Å². The quantitative estimate of drug-likeness (QED) is 0.242. The molecule has 0 aromatic heterocycles. The smallest absolute Gasteiger partial charge is 0.249 e. The fourth-order valence-corrected chi connectivity index (χ4v) is 5.78. The molecule has 0 saturated heterocycles. The lowest BCUT2D eigenvalue weighted by molar-refractivity contribution is -0.129. The van der Waals surface area contributed by atoms with Gasteiger partial charge in [0, 0.05) is 22.3 Å². The SMILES string of the molecule is CCC(NCc1ccccc1)C(=O)NC1CCc2ccccc2N(Cc2c(OC)ccc3cc(Br)ccc23)C1=O. The molecule has 0 radical (unpaired) electrons. The number of nitrogens with zero attached hydrogens (tertiary/aromatic N) is 1. The van der Waals surface area contributed by atoms with Crippen molar-refractivity contribution in [2.45, 2.75) is 51.4 Å². The highest BCUT2D eigenvalue weighted by Gasteiger charge is 2.33. The Kier molecular flexibility index (Phi) is 8.82. The molecule has 4 aromatic carbocycles. The number of fused-ring (bicyclic) bond motifs is 2. The van der Waals surface area contributed by atoms with Gasteiger partial charge in [-0.2, -0.15) is 0 Å². The number of halogens is 1. The number of hydrogen-bond acceptors (Lipinski definition) is 4. The van der Waals surface area contributed by atoms with Gasteiger partial charge in [-0.15, -0.1) is 0 Å². The van der Waals surface area contributed by atoms with Crippen LogP contribution < -0.4 is 20.3 Å². The minimum absolute atomic E-state index is 0.118. The van der Waals surface area contributed by atoms with Gasteiger partial charge in [0.05, 0.1) is 19.7 Å². The monoisotopic (exact) mass is 599 g/mol. The first-order chi connectivity index (χ1) is 19.5. The van der Waals surface area contributed by atoms with E-state index in [0.717, 1.165) is 43.4 Å². The normalized spacial score (nSPS) is 15.8. The zero-order chi connectivity index (χ0) is 28.1. The number of benzene rings is 4. The van der Waals surface area contributed by atoms with Crippen LogP contribution in [0.5, 0.6) is 5.75 Å². The van der Waals surface area contributed by atoms with Crippen LogP contribution in [0, 0.1) is 0 Å². The van der Waals surface area contributed by atoms with E-state index in [1.807, 2.05) is 78.6 Å². The largest absolute Gasteiger partial charge is 0.496 e.